The maximum atomic E-state index is 12.6. The maximum Gasteiger partial charge on any atom is 0.244 e. The number of hydrogen-bond acceptors (Lipinski definition) is 5. The van der Waals surface area contributed by atoms with Gasteiger partial charge in [0.05, 0.1) is 28.4 Å². The first kappa shape index (κ1) is 18.0. The summed E-state index contributed by atoms with van der Waals surface area (Å²) in [5, 5.41) is 8.70. The molecule has 2 N–H and O–H groups in total. The lowest BCUT2D eigenvalue weighted by atomic mass is 10.3. The van der Waals surface area contributed by atoms with Gasteiger partial charge in [0.1, 0.15) is 4.90 Å². The van der Waals surface area contributed by atoms with Crippen LogP contribution in [0.3, 0.4) is 0 Å². The molecule has 0 aliphatic heterocycles. The minimum absolute atomic E-state index is 0.00591. The Labute approximate surface area is 134 Å². The van der Waals surface area contributed by atoms with Gasteiger partial charge < -0.3 is 10.5 Å². The predicted molar refractivity (Wildman–Crippen MR) is 81.7 cm³/mol. The predicted octanol–water partition coefficient (Wildman–Crippen LogP) is 2.13. The van der Waals surface area contributed by atoms with Crippen LogP contribution in [0.2, 0.25) is 10.0 Å². The zero-order valence-corrected chi connectivity index (χ0v) is 13.7. The molecule has 0 atom stereocenters. The standard InChI is InChI=1S/C12H15Cl2N3O3S/c1-20-8-7-17(6-2-5-15)21(18,19)10-4-3-9(13)12(16)11(10)14/h3-4H,2,6-8,16H2,1H3. The van der Waals surface area contributed by atoms with Crippen LogP contribution in [-0.2, 0) is 14.8 Å². The smallest absolute Gasteiger partial charge is 0.244 e. The van der Waals surface area contributed by atoms with Crippen LogP contribution in [0.15, 0.2) is 17.0 Å². The molecule has 0 unspecified atom stereocenters. The monoisotopic (exact) mass is 351 g/mol. The summed E-state index contributed by atoms with van der Waals surface area (Å²) in [5.74, 6) is 0. The second kappa shape index (κ2) is 7.82. The van der Waals surface area contributed by atoms with Crippen LogP contribution in [0.5, 0.6) is 0 Å². The van der Waals surface area contributed by atoms with E-state index >= 15 is 0 Å². The molecule has 1 aromatic carbocycles. The molecule has 6 nitrogen and oxygen atoms in total. The van der Waals surface area contributed by atoms with Gasteiger partial charge in [-0.2, -0.15) is 9.57 Å². The first-order chi connectivity index (χ1) is 9.86. The number of ether oxygens (including phenoxy) is 1. The second-order valence-electron chi connectivity index (χ2n) is 4.08. The van der Waals surface area contributed by atoms with Crippen LogP contribution in [0.25, 0.3) is 0 Å². The summed E-state index contributed by atoms with van der Waals surface area (Å²) in [6.07, 6.45) is 0.0592. The van der Waals surface area contributed by atoms with E-state index < -0.39 is 10.0 Å². The van der Waals surface area contributed by atoms with Crippen molar-refractivity contribution in [3.8, 4) is 6.07 Å². The fraction of sp³-hybridized carbons (Fsp3) is 0.417. The quantitative estimate of drug-likeness (QED) is 0.759. The van der Waals surface area contributed by atoms with Crippen molar-refractivity contribution in [3.63, 3.8) is 0 Å². The minimum Gasteiger partial charge on any atom is -0.396 e. The van der Waals surface area contributed by atoms with Gasteiger partial charge in [-0.05, 0) is 12.1 Å². The number of nitrogens with two attached hydrogens (primary N) is 1. The molecule has 0 saturated heterocycles. The van der Waals surface area contributed by atoms with E-state index in [0.29, 0.717) is 0 Å². The van der Waals surface area contributed by atoms with E-state index in [2.05, 4.69) is 0 Å². The highest BCUT2D eigenvalue weighted by atomic mass is 35.5. The second-order valence-corrected chi connectivity index (χ2v) is 6.77. The van der Waals surface area contributed by atoms with Crippen LogP contribution >= 0.6 is 23.2 Å². The minimum atomic E-state index is -3.88. The van der Waals surface area contributed by atoms with Crippen LogP contribution in [0, 0.1) is 11.3 Å². The topological polar surface area (TPSA) is 96.4 Å². The molecule has 21 heavy (non-hydrogen) atoms. The molecule has 0 fully saturated rings. The van der Waals surface area contributed by atoms with Crippen LogP contribution in [0.1, 0.15) is 6.42 Å². The maximum absolute atomic E-state index is 12.6. The Balaban J connectivity index is 3.22. The van der Waals surface area contributed by atoms with Crippen LogP contribution in [-0.4, -0.2) is 39.5 Å². The molecule has 0 amide bonds. The summed E-state index contributed by atoms with van der Waals surface area (Å²) in [4.78, 5) is -0.139. The van der Waals surface area contributed by atoms with Crippen molar-refractivity contribution in [2.75, 3.05) is 32.5 Å². The zero-order valence-electron chi connectivity index (χ0n) is 11.3. The van der Waals surface area contributed by atoms with Crippen molar-refractivity contribution in [1.82, 2.24) is 4.31 Å². The van der Waals surface area contributed by atoms with E-state index in [9.17, 15) is 8.42 Å². The SMILES string of the molecule is COCCN(CCC#N)S(=O)(=O)c1ccc(Cl)c(N)c1Cl. The van der Waals surface area contributed by atoms with Gasteiger partial charge in [0.15, 0.2) is 0 Å². The van der Waals surface area contributed by atoms with E-state index in [1.807, 2.05) is 6.07 Å². The number of hydrogen-bond donors (Lipinski definition) is 1. The van der Waals surface area contributed by atoms with E-state index in [0.717, 1.165) is 4.31 Å². The van der Waals surface area contributed by atoms with Crippen molar-refractivity contribution < 1.29 is 13.2 Å². The number of nitrogens with zero attached hydrogens (tertiary/aromatic N) is 2. The molecule has 9 heteroatoms. The van der Waals surface area contributed by atoms with Crippen LogP contribution < -0.4 is 5.73 Å². The molecule has 1 aromatic rings. The number of methoxy groups -OCH3 is 1. The molecular formula is C12H15Cl2N3O3S. The lowest BCUT2D eigenvalue weighted by molar-refractivity contribution is 0.179. The van der Waals surface area contributed by atoms with Gasteiger partial charge in [-0.3, -0.25) is 0 Å². The summed E-state index contributed by atoms with van der Waals surface area (Å²) in [6, 6.07) is 4.57. The summed E-state index contributed by atoms with van der Waals surface area (Å²) in [6.45, 7) is 0.353. The van der Waals surface area contributed by atoms with Crippen molar-refractivity contribution in [2.24, 2.45) is 0 Å². The molecule has 0 saturated carbocycles. The Morgan fingerprint density at radius 1 is 1.38 bits per heavy atom. The van der Waals surface area contributed by atoms with Gasteiger partial charge in [0, 0.05) is 26.6 Å². The van der Waals surface area contributed by atoms with Crippen molar-refractivity contribution in [2.45, 2.75) is 11.3 Å². The number of halogens is 2. The van der Waals surface area contributed by atoms with Crippen molar-refractivity contribution in [3.05, 3.63) is 22.2 Å². The molecule has 0 aliphatic rings. The van der Waals surface area contributed by atoms with E-state index in [1.54, 1.807) is 0 Å². The number of nitriles is 1. The normalized spacial score (nSPS) is 11.6. The van der Waals surface area contributed by atoms with Crippen molar-refractivity contribution >= 4 is 38.9 Å². The first-order valence-corrected chi connectivity index (χ1v) is 8.15. The van der Waals surface area contributed by atoms with Gasteiger partial charge in [-0.25, -0.2) is 8.42 Å². The first-order valence-electron chi connectivity index (χ1n) is 5.95. The third-order valence-electron chi connectivity index (χ3n) is 2.73. The number of anilines is 1. The fourth-order valence-electron chi connectivity index (χ4n) is 1.61. The van der Waals surface area contributed by atoms with Crippen LogP contribution in [0.4, 0.5) is 5.69 Å². The molecule has 116 valence electrons. The lowest BCUT2D eigenvalue weighted by Crippen LogP contribution is -2.35. The molecule has 0 aliphatic carbocycles. The Morgan fingerprint density at radius 2 is 2.05 bits per heavy atom. The van der Waals surface area contributed by atoms with Crippen molar-refractivity contribution in [1.29, 1.82) is 5.26 Å². The van der Waals surface area contributed by atoms with E-state index in [-0.39, 0.29) is 46.7 Å². The third kappa shape index (κ3) is 4.22. The molecule has 0 spiro atoms. The number of benzene rings is 1. The Hall–Kier alpha value is -1.04. The van der Waals surface area contributed by atoms with Gasteiger partial charge >= 0.3 is 0 Å². The van der Waals surface area contributed by atoms with Gasteiger partial charge in [0.25, 0.3) is 0 Å². The molecular weight excluding hydrogens is 337 g/mol. The number of nitrogen functional groups attached to an aromatic ring is 1. The van der Waals surface area contributed by atoms with Gasteiger partial charge in [-0.1, -0.05) is 23.2 Å². The van der Waals surface area contributed by atoms with Gasteiger partial charge in [-0.15, -0.1) is 0 Å². The molecule has 0 radical (unpaired) electrons. The Morgan fingerprint density at radius 3 is 2.62 bits per heavy atom. The Kier molecular flexibility index (Phi) is 6.71. The number of sulfonamides is 1. The molecule has 1 rings (SSSR count). The summed E-state index contributed by atoms with van der Waals surface area (Å²) in [7, 11) is -2.42. The Bertz CT molecular complexity index is 644. The highest BCUT2D eigenvalue weighted by Crippen LogP contribution is 2.34. The summed E-state index contributed by atoms with van der Waals surface area (Å²) in [5.41, 5.74) is 5.66. The highest BCUT2D eigenvalue weighted by molar-refractivity contribution is 7.89. The highest BCUT2D eigenvalue weighted by Gasteiger charge is 2.27. The average Bonchev–Trinajstić information content (AvgIpc) is 2.44. The van der Waals surface area contributed by atoms with E-state index in [1.165, 1.54) is 19.2 Å². The average molecular weight is 352 g/mol. The number of rotatable bonds is 7. The molecule has 0 bridgehead atoms. The molecule has 0 heterocycles. The van der Waals surface area contributed by atoms with E-state index in [4.69, 9.17) is 38.9 Å². The van der Waals surface area contributed by atoms with Gasteiger partial charge in [0.2, 0.25) is 10.0 Å². The lowest BCUT2D eigenvalue weighted by Gasteiger charge is -2.22. The molecule has 0 aromatic heterocycles. The third-order valence-corrected chi connectivity index (χ3v) is 5.52. The summed E-state index contributed by atoms with van der Waals surface area (Å²) < 4.78 is 31.2. The largest absolute Gasteiger partial charge is 0.396 e. The zero-order chi connectivity index (χ0) is 16.0. The fourth-order valence-corrected chi connectivity index (χ4v) is 3.77. The summed E-state index contributed by atoms with van der Waals surface area (Å²) >= 11 is 11.8.